The molecule has 4 aromatic carbocycles. The molecule has 7 aromatic rings. The SMILES string of the molecule is COCCOCCOCCOCCOCCOCCOCCOCCOCCOCCOCCOc1ccc(C[C@@H](C(=O)NCCCCc2ccc(COC(=O)N(CCOC34CC5(C)CC(C)(CC(Cn6ncc(-c7ccc(N8CCc9cccc(C(=O)Nc%10nc%11ccccc%11s%10)c9C8)nc7C(=O)O)c6C)(C5)C3)C4)CCS(=O)(=O)O)c(O[C@@H]3O[C@H](C(=O)O)[C@@H](O)[C@H](O)[C@H]3O)c2)N2C(=O)C=CC2=O)cc1. The van der Waals surface area contributed by atoms with E-state index >= 15 is 0 Å². The number of nitrogens with zero attached hydrogens (tertiary/aromatic N) is 7. The average molecular weight is 1990 g/mol. The van der Waals surface area contributed by atoms with Crippen LogP contribution in [0.25, 0.3) is 21.3 Å². The summed E-state index contributed by atoms with van der Waals surface area (Å²) in [5.74, 6) is -5.12. The lowest BCUT2D eigenvalue weighted by molar-refractivity contribution is -0.271. The van der Waals surface area contributed by atoms with Gasteiger partial charge in [-0.2, -0.15) is 13.5 Å². The number of carbonyl (C=O) groups is 7. The largest absolute Gasteiger partial charge is 0.491 e. The molecule has 3 aliphatic heterocycles. The van der Waals surface area contributed by atoms with E-state index in [0.29, 0.717) is 241 Å². The number of unbranched alkanes of at least 4 members (excludes halogenated alkanes) is 1. The van der Waals surface area contributed by atoms with Gasteiger partial charge in [-0.15, -0.1) is 0 Å². The lowest BCUT2D eigenvalue weighted by atomic mass is 9.39. The number of aryl methyl sites for hydroxylation is 1. The topological polar surface area (TPSA) is 500 Å². The van der Waals surface area contributed by atoms with Crippen LogP contribution in [-0.2, 0) is 135 Å². The monoisotopic (exact) mass is 1990 g/mol. The molecule has 8 atom stereocenters. The molecule has 8 N–H and O–H groups in total. The van der Waals surface area contributed by atoms with E-state index in [9.17, 15) is 72.1 Å². The van der Waals surface area contributed by atoms with Gasteiger partial charge >= 0.3 is 18.0 Å². The lowest BCUT2D eigenvalue weighted by Gasteiger charge is -2.69. The first kappa shape index (κ1) is 107. The molecule has 40 nitrogen and oxygen atoms in total. The van der Waals surface area contributed by atoms with Gasteiger partial charge in [0, 0.05) is 92.9 Å². The highest BCUT2D eigenvalue weighted by atomic mass is 32.2. The Morgan fingerprint density at radius 1 is 0.643 bits per heavy atom. The molecule has 42 heteroatoms. The number of thiazole rings is 1. The van der Waals surface area contributed by atoms with Crippen LogP contribution in [0.15, 0.2) is 115 Å². The molecule has 6 heterocycles. The van der Waals surface area contributed by atoms with Crippen LogP contribution in [0.2, 0.25) is 0 Å². The molecule has 764 valence electrons. The first-order chi connectivity index (χ1) is 67.5. The minimum Gasteiger partial charge on any atom is -0.491 e. The number of anilines is 2. The highest BCUT2D eigenvalue weighted by Crippen LogP contribution is 2.72. The Morgan fingerprint density at radius 2 is 1.24 bits per heavy atom. The number of methoxy groups -OCH3 is 1. The minimum atomic E-state index is -4.65. The first-order valence-corrected chi connectivity index (χ1v) is 49.7. The smallest absolute Gasteiger partial charge is 0.410 e. The van der Waals surface area contributed by atoms with Crippen LogP contribution in [0.5, 0.6) is 11.5 Å². The van der Waals surface area contributed by atoms with Crippen LogP contribution >= 0.6 is 11.3 Å². The minimum absolute atomic E-state index is 0.0230. The molecule has 1 saturated heterocycles. The predicted octanol–water partition coefficient (Wildman–Crippen LogP) is 7.48. The summed E-state index contributed by atoms with van der Waals surface area (Å²) in [5, 5.41) is 64.6. The number of para-hydroxylation sites is 1. The Bertz CT molecular complexity index is 5360. The number of imide groups is 1. The summed E-state index contributed by atoms with van der Waals surface area (Å²) in [6, 6.07) is 27.2. The number of nitrogens with one attached hydrogen (secondary N) is 2. The Balaban J connectivity index is 0.547. The van der Waals surface area contributed by atoms with Crippen molar-refractivity contribution < 1.29 is 148 Å². The van der Waals surface area contributed by atoms with Crippen LogP contribution in [0.1, 0.15) is 120 Å². The number of aromatic nitrogens is 4. The number of aliphatic hydroxyl groups is 3. The van der Waals surface area contributed by atoms with Crippen molar-refractivity contribution in [2.45, 2.75) is 153 Å². The number of fused-ring (bicyclic) bond motifs is 2. The van der Waals surface area contributed by atoms with Crippen molar-refractivity contribution in [2.24, 2.45) is 16.2 Å². The summed E-state index contributed by atoms with van der Waals surface area (Å²) >= 11 is 1.39. The molecule has 0 radical (unpaired) electrons. The number of aliphatic hydroxyl groups excluding tert-OH is 3. The number of rotatable bonds is 62. The fraction of sp³-hybridized carbons (Fsp3) is 0.571. The van der Waals surface area contributed by atoms with Gasteiger partial charge in [0.25, 0.3) is 27.8 Å². The second-order valence-corrected chi connectivity index (χ2v) is 39.1. The molecule has 5 fully saturated rings. The third-order valence-corrected chi connectivity index (χ3v) is 27.1. The van der Waals surface area contributed by atoms with E-state index in [4.69, 9.17) is 85.9 Å². The number of aliphatic carboxylic acids is 1. The number of hydrogen-bond donors (Lipinski definition) is 8. The summed E-state index contributed by atoms with van der Waals surface area (Å²) in [4.78, 5) is 107. The van der Waals surface area contributed by atoms with E-state index in [-0.39, 0.29) is 78.5 Å². The Labute approximate surface area is 816 Å². The second-order valence-electron chi connectivity index (χ2n) is 36.5. The van der Waals surface area contributed by atoms with Crippen molar-refractivity contribution in [1.29, 1.82) is 0 Å². The van der Waals surface area contributed by atoms with Crippen molar-refractivity contribution in [3.8, 4) is 22.6 Å². The zero-order chi connectivity index (χ0) is 99.2. The quantitative estimate of drug-likeness (QED) is 0.0104. The number of carbonyl (C=O) groups excluding carboxylic acids is 5. The molecule has 5 amide bonds. The molecule has 2 unspecified atom stereocenters. The van der Waals surface area contributed by atoms with Gasteiger partial charge in [0.05, 0.1) is 173 Å². The van der Waals surface area contributed by atoms with Gasteiger partial charge in [-0.1, -0.05) is 73.7 Å². The van der Waals surface area contributed by atoms with Crippen molar-refractivity contribution in [2.75, 3.05) is 201 Å². The fourth-order valence-corrected chi connectivity index (χ4v) is 21.3. The third kappa shape index (κ3) is 30.5. The molecule has 4 bridgehead atoms. The van der Waals surface area contributed by atoms with E-state index in [0.717, 1.165) is 68.3 Å². The molecule has 4 saturated carbocycles. The van der Waals surface area contributed by atoms with Gasteiger partial charge in [-0.25, -0.2) is 24.4 Å². The molecule has 4 aliphatic carbocycles. The number of carboxylic acids is 2. The zero-order valence-electron chi connectivity index (χ0n) is 79.5. The summed E-state index contributed by atoms with van der Waals surface area (Å²) < 4.78 is 128. The highest BCUT2D eigenvalue weighted by Gasteiger charge is 2.66. The van der Waals surface area contributed by atoms with E-state index < -0.39 is 107 Å². The molecular weight excluding hydrogens is 1860 g/mol. The molecule has 7 aliphatic rings. The molecule has 14 rings (SSSR count). The van der Waals surface area contributed by atoms with Crippen molar-refractivity contribution in [1.82, 2.24) is 34.9 Å². The van der Waals surface area contributed by atoms with E-state index in [1.165, 1.54) is 23.5 Å². The summed E-state index contributed by atoms with van der Waals surface area (Å²) in [6.45, 7) is 15.9. The van der Waals surface area contributed by atoms with Crippen LogP contribution in [0.4, 0.5) is 15.7 Å². The van der Waals surface area contributed by atoms with Crippen LogP contribution < -0.4 is 25.0 Å². The normalized spacial score (nSPS) is 21.7. The average Bonchev–Trinajstić information content (AvgIpc) is 0.795. The van der Waals surface area contributed by atoms with Gasteiger partial charge in [-0.05, 0) is 158 Å². The Kier molecular flexibility index (Phi) is 39.5. The number of pyridine rings is 1. The number of benzene rings is 4. The summed E-state index contributed by atoms with van der Waals surface area (Å²) in [5.41, 5.74) is 4.53. The number of ether oxygens (including phenoxy) is 16. The predicted molar refractivity (Wildman–Crippen MR) is 507 cm³/mol. The van der Waals surface area contributed by atoms with Crippen LogP contribution in [0, 0.1) is 23.2 Å². The summed E-state index contributed by atoms with van der Waals surface area (Å²) in [6.07, 6.45) is -0.988. The lowest BCUT2D eigenvalue weighted by Crippen LogP contribution is -2.64. The van der Waals surface area contributed by atoms with Crippen LogP contribution in [-0.4, -0.2) is 343 Å². The van der Waals surface area contributed by atoms with Crippen LogP contribution in [0.3, 0.4) is 0 Å². The standard InChI is InChI=1S/C98H129N9O31S2/c1-66-74(72-21-22-80(102-83(72)90(115)116)105-27-25-69-11-9-12-73(75(69)57-105)88(113)103-93-101-76-13-5-6-14-79(76)139-93)56-100-106(66)65-97-60-95(2)59-96(3,61-97)63-98(62-95,64-97)136-30-28-104(29-53-140(120,121)122)94(119)135-58-70-18-15-67(55-78(70)137-92-86(112)84(110)85(111)87(138-92)91(117)118)10-7-8-26-99-89(114)77(107-81(108)23-24-82(107)109)54-68-16-19-71(20-17-68)134-52-51-133-50-49-132-48-47-131-46-45-130-44-43-129-42-41-128-40-39-127-38-37-126-36-35-125-34-33-124-32-31-123-4/h5-6,9,11-24,55-56,77,84-87,92,110-112H,7-8,10,25-54,57-65H2,1-4H3,(H,99,114)(H,115,116)(H,117,118)(H,101,103,113)(H,120,121,122)/t77-,84-,85-,86+,87-,92+,95?,96?,97?,98?/m0/s1. The van der Waals surface area contributed by atoms with Crippen molar-refractivity contribution in [3.05, 3.63) is 160 Å². The number of aromatic carboxylic acids is 1. The number of amides is 5. The number of hydrogen-bond acceptors (Lipinski definition) is 33. The zero-order valence-corrected chi connectivity index (χ0v) is 81.1. The maximum atomic E-state index is 14.4. The van der Waals surface area contributed by atoms with E-state index in [1.54, 1.807) is 61.8 Å². The van der Waals surface area contributed by atoms with Gasteiger partial charge < -0.3 is 116 Å². The van der Waals surface area contributed by atoms with Gasteiger partial charge in [0.15, 0.2) is 16.9 Å². The van der Waals surface area contributed by atoms with Gasteiger partial charge in [0.1, 0.15) is 54.9 Å². The van der Waals surface area contributed by atoms with E-state index in [2.05, 4.69) is 29.5 Å². The maximum Gasteiger partial charge on any atom is 0.410 e. The Hall–Kier alpha value is -10.2. The van der Waals surface area contributed by atoms with E-state index in [1.807, 2.05) is 52.9 Å². The van der Waals surface area contributed by atoms with Gasteiger partial charge in [0.2, 0.25) is 12.2 Å². The Morgan fingerprint density at radius 3 is 1.84 bits per heavy atom. The van der Waals surface area contributed by atoms with Crippen molar-refractivity contribution in [3.63, 3.8) is 0 Å². The highest BCUT2D eigenvalue weighted by molar-refractivity contribution is 7.85. The molecule has 0 spiro atoms. The number of carboxylic acid groups (broad SMARTS) is 2. The maximum absolute atomic E-state index is 14.4. The van der Waals surface area contributed by atoms with Gasteiger partial charge in [-0.3, -0.25) is 38.6 Å². The van der Waals surface area contributed by atoms with Crippen molar-refractivity contribution >= 4 is 84.3 Å². The third-order valence-electron chi connectivity index (χ3n) is 25.4. The summed E-state index contributed by atoms with van der Waals surface area (Å²) in [7, 11) is -3.02. The second kappa shape index (κ2) is 51.7. The molecule has 3 aromatic heterocycles. The molecular formula is C98H129N9O31S2. The first-order valence-electron chi connectivity index (χ1n) is 47.3. The molecule has 140 heavy (non-hydrogen) atoms. The fourth-order valence-electron chi connectivity index (χ4n) is 20.0.